The number of ether oxygens (including phenoxy) is 4. The molecule has 3 amide bonds. The van der Waals surface area contributed by atoms with Crippen molar-refractivity contribution in [3.8, 4) is 23.0 Å². The molecule has 5 aliphatic heterocycles. The van der Waals surface area contributed by atoms with E-state index in [0.29, 0.717) is 36.8 Å². The summed E-state index contributed by atoms with van der Waals surface area (Å²) in [5, 5.41) is 11.0. The zero-order chi connectivity index (χ0) is 41.0. The number of piperidine rings is 1. The molecule has 4 saturated heterocycles. The van der Waals surface area contributed by atoms with Crippen LogP contribution in [0.3, 0.4) is 0 Å². The molecule has 0 bridgehead atoms. The highest BCUT2D eigenvalue weighted by Crippen LogP contribution is 2.41. The standard InChI is InChI=1S/C42H51N11O7/c1-42(7-8-42)60-37-17-29-32(19-43-37)47-48-38(29)31-18-35(45-25-44-31)52-15-11-50(12-16-52)21-27-24-58-26(23-59-27)20-49-9-13-51(14-10-49)33-4-3-28-30(39(33)57-2)22-53(41(28)56)34-5-6-36(54)46-40(34)55/h3-4,17-19,25-27,34H,5-16,20-24H2,1-2H3,(H,47,48)(H,46,54,55)/t26-,27+,34?/m0/s1. The highest BCUT2D eigenvalue weighted by molar-refractivity contribution is 6.06. The number of amides is 3. The first-order chi connectivity index (χ1) is 29.2. The average Bonchev–Trinajstić information content (AvgIpc) is 3.68. The fourth-order valence-corrected chi connectivity index (χ4v) is 9.11. The topological polar surface area (TPSA) is 184 Å². The zero-order valence-corrected chi connectivity index (χ0v) is 34.1. The van der Waals surface area contributed by atoms with Gasteiger partial charge in [0.1, 0.15) is 35.2 Å². The molecule has 5 fully saturated rings. The second kappa shape index (κ2) is 15.9. The number of imide groups is 1. The van der Waals surface area contributed by atoms with Crippen LogP contribution in [0.4, 0.5) is 11.5 Å². The summed E-state index contributed by atoms with van der Waals surface area (Å²) >= 11 is 0. The summed E-state index contributed by atoms with van der Waals surface area (Å²) in [5.41, 5.74) is 4.52. The first-order valence-electron chi connectivity index (χ1n) is 21.1. The van der Waals surface area contributed by atoms with E-state index in [9.17, 15) is 14.4 Å². The van der Waals surface area contributed by atoms with Crippen molar-refractivity contribution < 1.29 is 33.3 Å². The van der Waals surface area contributed by atoms with Crippen molar-refractivity contribution in [2.24, 2.45) is 0 Å². The fraction of sp³-hybridized carbons (Fsp3) is 0.548. The summed E-state index contributed by atoms with van der Waals surface area (Å²) in [6.07, 6.45) is 6.04. The molecule has 8 heterocycles. The number of rotatable bonds is 11. The minimum atomic E-state index is -0.664. The Balaban J connectivity index is 0.673. The van der Waals surface area contributed by atoms with Crippen LogP contribution in [-0.2, 0) is 25.6 Å². The van der Waals surface area contributed by atoms with E-state index in [-0.39, 0.29) is 42.6 Å². The van der Waals surface area contributed by atoms with E-state index in [0.717, 1.165) is 118 Å². The molecule has 18 nitrogen and oxygen atoms in total. The third kappa shape index (κ3) is 7.72. The van der Waals surface area contributed by atoms with Gasteiger partial charge in [-0.1, -0.05) is 0 Å². The van der Waals surface area contributed by atoms with E-state index in [1.54, 1.807) is 24.5 Å². The van der Waals surface area contributed by atoms with Crippen LogP contribution >= 0.6 is 0 Å². The second-order valence-electron chi connectivity index (χ2n) is 17.0. The van der Waals surface area contributed by atoms with E-state index in [2.05, 4.69) is 57.0 Å². The molecule has 10 rings (SSSR count). The van der Waals surface area contributed by atoms with Gasteiger partial charge >= 0.3 is 0 Å². The number of anilines is 2. The Hall–Kier alpha value is -5.43. The first kappa shape index (κ1) is 38.8. The molecule has 316 valence electrons. The molecule has 3 aromatic heterocycles. The average molecular weight is 822 g/mol. The number of carbonyl (C=O) groups is 3. The Morgan fingerprint density at radius 1 is 0.883 bits per heavy atom. The van der Waals surface area contributed by atoms with Crippen LogP contribution in [-0.4, -0.2) is 167 Å². The summed E-state index contributed by atoms with van der Waals surface area (Å²) in [6.45, 7) is 11.9. The molecule has 60 heavy (non-hydrogen) atoms. The summed E-state index contributed by atoms with van der Waals surface area (Å²) < 4.78 is 24.7. The monoisotopic (exact) mass is 821 g/mol. The third-order valence-electron chi connectivity index (χ3n) is 12.8. The number of hydrogen-bond donors (Lipinski definition) is 2. The molecular formula is C42H51N11O7. The number of aromatic nitrogens is 5. The molecule has 1 saturated carbocycles. The number of hydrogen-bond acceptors (Lipinski definition) is 15. The maximum atomic E-state index is 13.3. The number of nitrogens with one attached hydrogen (secondary N) is 2. The lowest BCUT2D eigenvalue weighted by atomic mass is 10.0. The van der Waals surface area contributed by atoms with Gasteiger partial charge in [0, 0.05) is 101 Å². The van der Waals surface area contributed by atoms with Crippen molar-refractivity contribution in [1.29, 1.82) is 0 Å². The zero-order valence-electron chi connectivity index (χ0n) is 34.1. The van der Waals surface area contributed by atoms with E-state index in [4.69, 9.17) is 18.9 Å². The van der Waals surface area contributed by atoms with Crippen LogP contribution in [0.5, 0.6) is 11.6 Å². The third-order valence-corrected chi connectivity index (χ3v) is 12.8. The molecule has 6 aliphatic rings. The highest BCUT2D eigenvalue weighted by atomic mass is 16.6. The van der Waals surface area contributed by atoms with Crippen molar-refractivity contribution in [2.75, 3.05) is 95.6 Å². The minimum Gasteiger partial charge on any atom is -0.494 e. The number of fused-ring (bicyclic) bond motifs is 2. The van der Waals surface area contributed by atoms with E-state index >= 15 is 0 Å². The van der Waals surface area contributed by atoms with E-state index in [1.807, 2.05) is 24.3 Å². The number of nitrogens with zero attached hydrogens (tertiary/aromatic N) is 9. The number of methoxy groups -OCH3 is 1. The van der Waals surface area contributed by atoms with Crippen LogP contribution < -0.4 is 24.6 Å². The van der Waals surface area contributed by atoms with Gasteiger partial charge in [0.25, 0.3) is 5.91 Å². The van der Waals surface area contributed by atoms with E-state index in [1.165, 1.54) is 0 Å². The van der Waals surface area contributed by atoms with Gasteiger partial charge in [0.2, 0.25) is 17.7 Å². The number of aromatic amines is 1. The van der Waals surface area contributed by atoms with Crippen LogP contribution in [0, 0.1) is 0 Å². The van der Waals surface area contributed by atoms with Gasteiger partial charge in [-0.05, 0) is 38.3 Å². The molecule has 2 N–H and O–H groups in total. The number of piperazine rings is 2. The largest absolute Gasteiger partial charge is 0.494 e. The van der Waals surface area contributed by atoms with Crippen LogP contribution in [0.2, 0.25) is 0 Å². The van der Waals surface area contributed by atoms with Gasteiger partial charge in [-0.2, -0.15) is 5.10 Å². The van der Waals surface area contributed by atoms with Gasteiger partial charge in [0.05, 0.1) is 62.2 Å². The SMILES string of the molecule is COc1c(N2CCN(C[C@H]3CO[C@H](CN4CCN(c5cc(-c6n[nH]c7cnc(OC8(C)CC8)cc67)ncn5)CC4)CO3)CC2)ccc2c1CN(C1CCC(=O)NC1=O)C2=O. The number of H-pyrrole nitrogens is 1. The first-order valence-corrected chi connectivity index (χ1v) is 21.1. The van der Waals surface area contributed by atoms with Crippen molar-refractivity contribution in [3.05, 3.63) is 47.9 Å². The number of carbonyl (C=O) groups excluding carboxylic acids is 3. The molecule has 1 aliphatic carbocycles. The lowest BCUT2D eigenvalue weighted by Crippen LogP contribution is -2.53. The maximum Gasteiger partial charge on any atom is 0.255 e. The molecule has 1 aromatic carbocycles. The Morgan fingerprint density at radius 2 is 1.60 bits per heavy atom. The van der Waals surface area contributed by atoms with Gasteiger partial charge in [0.15, 0.2) is 0 Å². The van der Waals surface area contributed by atoms with Gasteiger partial charge in [-0.25, -0.2) is 15.0 Å². The Kier molecular flexibility index (Phi) is 10.3. The predicted molar refractivity (Wildman–Crippen MR) is 219 cm³/mol. The quantitative estimate of drug-likeness (QED) is 0.209. The van der Waals surface area contributed by atoms with Gasteiger partial charge < -0.3 is 33.6 Å². The van der Waals surface area contributed by atoms with Crippen molar-refractivity contribution in [3.63, 3.8) is 0 Å². The molecular weight excluding hydrogens is 771 g/mol. The van der Waals surface area contributed by atoms with E-state index < -0.39 is 11.9 Å². The van der Waals surface area contributed by atoms with Crippen molar-refractivity contribution in [1.82, 2.24) is 45.2 Å². The lowest BCUT2D eigenvalue weighted by molar-refractivity contribution is -0.145. The summed E-state index contributed by atoms with van der Waals surface area (Å²) in [7, 11) is 1.63. The van der Waals surface area contributed by atoms with Crippen molar-refractivity contribution >= 4 is 40.1 Å². The minimum absolute atomic E-state index is 0.0129. The van der Waals surface area contributed by atoms with Crippen LogP contribution in [0.1, 0.15) is 48.5 Å². The Bertz CT molecular complexity index is 2280. The van der Waals surface area contributed by atoms with Gasteiger partial charge in [-0.15, -0.1) is 0 Å². The molecule has 0 spiro atoms. The molecule has 1 unspecified atom stereocenters. The Morgan fingerprint density at radius 3 is 2.27 bits per heavy atom. The number of benzene rings is 1. The molecule has 0 radical (unpaired) electrons. The second-order valence-corrected chi connectivity index (χ2v) is 17.0. The molecule has 18 heteroatoms. The highest BCUT2D eigenvalue weighted by Gasteiger charge is 2.42. The molecule has 4 aromatic rings. The normalized spacial score (nSPS) is 24.8. The lowest BCUT2D eigenvalue weighted by Gasteiger charge is -2.40. The van der Waals surface area contributed by atoms with Crippen LogP contribution in [0.15, 0.2) is 36.8 Å². The fourth-order valence-electron chi connectivity index (χ4n) is 9.11. The molecule has 3 atom stereocenters. The summed E-state index contributed by atoms with van der Waals surface area (Å²) in [4.78, 5) is 62.3. The van der Waals surface area contributed by atoms with Crippen molar-refractivity contribution in [2.45, 2.75) is 63.0 Å². The summed E-state index contributed by atoms with van der Waals surface area (Å²) in [6, 6.07) is 7.09. The predicted octanol–water partition coefficient (Wildman–Crippen LogP) is 1.84. The summed E-state index contributed by atoms with van der Waals surface area (Å²) in [5.74, 6) is 1.23. The smallest absolute Gasteiger partial charge is 0.255 e. The van der Waals surface area contributed by atoms with Crippen LogP contribution in [0.25, 0.3) is 22.3 Å². The van der Waals surface area contributed by atoms with Gasteiger partial charge in [-0.3, -0.25) is 34.6 Å². The maximum absolute atomic E-state index is 13.3. The number of pyridine rings is 1. The Labute approximate surface area is 347 Å².